The summed E-state index contributed by atoms with van der Waals surface area (Å²) >= 11 is 6.83. The van der Waals surface area contributed by atoms with E-state index < -0.39 is 0 Å². The summed E-state index contributed by atoms with van der Waals surface area (Å²) in [5, 5.41) is 0. The molecule has 0 bridgehead atoms. The molecule has 1 unspecified atom stereocenters. The number of hydrogen-bond donors (Lipinski definition) is 0. The van der Waals surface area contributed by atoms with Gasteiger partial charge in [0, 0.05) is 22.7 Å². The molecule has 1 aromatic heterocycles. The highest BCUT2D eigenvalue weighted by atomic mass is 79.9. The van der Waals surface area contributed by atoms with Gasteiger partial charge in [-0.3, -0.25) is 0 Å². The molecule has 2 rings (SSSR count). The van der Waals surface area contributed by atoms with E-state index in [-0.39, 0.29) is 0 Å². The smallest absolute Gasteiger partial charge is 0.107 e. The maximum atomic E-state index is 5.32. The summed E-state index contributed by atoms with van der Waals surface area (Å²) in [5.41, 5.74) is 1.11. The van der Waals surface area contributed by atoms with Crippen molar-refractivity contribution in [3.8, 4) is 0 Å². The number of ether oxygens (including phenoxy) is 1. The van der Waals surface area contributed by atoms with Gasteiger partial charge in [0.05, 0.1) is 6.61 Å². The second kappa shape index (κ2) is 4.07. The van der Waals surface area contributed by atoms with E-state index in [2.05, 4.69) is 42.9 Å². The fourth-order valence-corrected chi connectivity index (χ4v) is 2.67. The first-order valence-corrected chi connectivity index (χ1v) is 5.75. The van der Waals surface area contributed by atoms with Crippen molar-refractivity contribution in [1.82, 2.24) is 4.98 Å². The van der Waals surface area contributed by atoms with Crippen LogP contribution in [0.1, 0.15) is 18.0 Å². The molecule has 0 aliphatic carbocycles. The Kier molecular flexibility index (Phi) is 3.01. The van der Waals surface area contributed by atoms with Crippen LogP contribution in [0.25, 0.3) is 0 Å². The zero-order valence-electron chi connectivity index (χ0n) is 6.96. The van der Waals surface area contributed by atoms with E-state index in [1.165, 1.54) is 0 Å². The van der Waals surface area contributed by atoms with E-state index in [0.29, 0.717) is 5.92 Å². The molecule has 0 N–H and O–H groups in total. The van der Waals surface area contributed by atoms with E-state index in [9.17, 15) is 0 Å². The van der Waals surface area contributed by atoms with Gasteiger partial charge >= 0.3 is 0 Å². The second-order valence-electron chi connectivity index (χ2n) is 3.09. The van der Waals surface area contributed by atoms with E-state index in [4.69, 9.17) is 4.74 Å². The lowest BCUT2D eigenvalue weighted by Crippen LogP contribution is -2.00. The molecule has 1 aromatic rings. The monoisotopic (exact) mass is 305 g/mol. The van der Waals surface area contributed by atoms with Gasteiger partial charge in [-0.05, 0) is 34.5 Å². The maximum Gasteiger partial charge on any atom is 0.107 e. The van der Waals surface area contributed by atoms with Crippen LogP contribution in [-0.2, 0) is 4.74 Å². The standard InChI is InChI=1S/C9H9Br2NO/c10-7-3-8(12-9(11)4-7)6-1-2-13-5-6/h3-4,6H,1-2,5H2. The molecule has 0 spiro atoms. The lowest BCUT2D eigenvalue weighted by molar-refractivity contribution is 0.193. The molecule has 2 nitrogen and oxygen atoms in total. The molecule has 0 aromatic carbocycles. The van der Waals surface area contributed by atoms with Gasteiger partial charge < -0.3 is 4.74 Å². The van der Waals surface area contributed by atoms with Gasteiger partial charge in [0.2, 0.25) is 0 Å². The van der Waals surface area contributed by atoms with Crippen molar-refractivity contribution in [3.05, 3.63) is 26.9 Å². The van der Waals surface area contributed by atoms with Crippen molar-refractivity contribution in [3.63, 3.8) is 0 Å². The van der Waals surface area contributed by atoms with Gasteiger partial charge in [-0.1, -0.05) is 15.9 Å². The summed E-state index contributed by atoms with van der Waals surface area (Å²) in [6.45, 7) is 1.66. The molecular weight excluding hydrogens is 298 g/mol. The number of pyridine rings is 1. The number of hydrogen-bond acceptors (Lipinski definition) is 2. The molecule has 1 aliphatic rings. The average molecular weight is 307 g/mol. The fraction of sp³-hybridized carbons (Fsp3) is 0.444. The van der Waals surface area contributed by atoms with E-state index in [1.807, 2.05) is 6.07 Å². The van der Waals surface area contributed by atoms with Crippen LogP contribution in [0.2, 0.25) is 0 Å². The lowest BCUT2D eigenvalue weighted by atomic mass is 10.0. The molecule has 2 heterocycles. The maximum absolute atomic E-state index is 5.32. The largest absolute Gasteiger partial charge is 0.381 e. The van der Waals surface area contributed by atoms with Crippen molar-refractivity contribution < 1.29 is 4.74 Å². The topological polar surface area (TPSA) is 22.1 Å². The van der Waals surface area contributed by atoms with Crippen LogP contribution in [0.3, 0.4) is 0 Å². The summed E-state index contributed by atoms with van der Waals surface area (Å²) in [6.07, 6.45) is 1.08. The Bertz CT molecular complexity index is 290. The molecule has 0 radical (unpaired) electrons. The normalized spacial score (nSPS) is 22.2. The first kappa shape index (κ1) is 9.62. The fourth-order valence-electron chi connectivity index (χ4n) is 1.46. The van der Waals surface area contributed by atoms with Crippen LogP contribution >= 0.6 is 31.9 Å². The molecule has 70 valence electrons. The number of aromatic nitrogens is 1. The molecule has 4 heteroatoms. The van der Waals surface area contributed by atoms with Crippen molar-refractivity contribution in [2.45, 2.75) is 12.3 Å². The van der Waals surface area contributed by atoms with Gasteiger partial charge in [-0.15, -0.1) is 0 Å². The highest BCUT2D eigenvalue weighted by Gasteiger charge is 2.19. The van der Waals surface area contributed by atoms with Gasteiger partial charge in [0.15, 0.2) is 0 Å². The predicted molar refractivity (Wildman–Crippen MR) is 57.8 cm³/mol. The SMILES string of the molecule is Brc1cc(Br)nc(C2CCOC2)c1. The summed E-state index contributed by atoms with van der Waals surface area (Å²) in [5.74, 6) is 0.466. The van der Waals surface area contributed by atoms with E-state index in [0.717, 1.165) is 34.4 Å². The van der Waals surface area contributed by atoms with Crippen LogP contribution in [0, 0.1) is 0 Å². The third kappa shape index (κ3) is 2.30. The van der Waals surface area contributed by atoms with E-state index >= 15 is 0 Å². The Balaban J connectivity index is 2.28. The molecule has 0 amide bonds. The predicted octanol–water partition coefficient (Wildman–Crippen LogP) is 3.11. The second-order valence-corrected chi connectivity index (χ2v) is 4.82. The summed E-state index contributed by atoms with van der Waals surface area (Å²) in [7, 11) is 0. The number of nitrogens with zero attached hydrogens (tertiary/aromatic N) is 1. The molecule has 0 saturated carbocycles. The van der Waals surface area contributed by atoms with Crippen LogP contribution in [0.15, 0.2) is 21.2 Å². The van der Waals surface area contributed by atoms with Crippen LogP contribution in [-0.4, -0.2) is 18.2 Å². The first-order valence-electron chi connectivity index (χ1n) is 4.16. The molecule has 13 heavy (non-hydrogen) atoms. The van der Waals surface area contributed by atoms with Crippen LogP contribution in [0.5, 0.6) is 0 Å². The molecule has 1 atom stereocenters. The molecule has 1 aliphatic heterocycles. The highest BCUT2D eigenvalue weighted by Crippen LogP contribution is 2.27. The zero-order chi connectivity index (χ0) is 9.26. The lowest BCUT2D eigenvalue weighted by Gasteiger charge is -2.07. The zero-order valence-corrected chi connectivity index (χ0v) is 10.1. The highest BCUT2D eigenvalue weighted by molar-refractivity contribution is 9.11. The van der Waals surface area contributed by atoms with Crippen LogP contribution < -0.4 is 0 Å². The number of halogens is 2. The summed E-state index contributed by atoms with van der Waals surface area (Å²) < 4.78 is 7.27. The molecular formula is C9H9Br2NO. The molecule has 1 fully saturated rings. The van der Waals surface area contributed by atoms with Crippen molar-refractivity contribution in [2.75, 3.05) is 13.2 Å². The van der Waals surface area contributed by atoms with Crippen molar-refractivity contribution in [2.24, 2.45) is 0 Å². The average Bonchev–Trinajstić information content (AvgIpc) is 2.53. The van der Waals surface area contributed by atoms with Crippen LogP contribution in [0.4, 0.5) is 0 Å². The van der Waals surface area contributed by atoms with Gasteiger partial charge in [0.25, 0.3) is 0 Å². The minimum Gasteiger partial charge on any atom is -0.381 e. The first-order chi connectivity index (χ1) is 6.25. The Morgan fingerprint density at radius 3 is 2.85 bits per heavy atom. The summed E-state index contributed by atoms with van der Waals surface area (Å²) in [6, 6.07) is 4.00. The van der Waals surface area contributed by atoms with Crippen molar-refractivity contribution >= 4 is 31.9 Å². The minimum atomic E-state index is 0.466. The summed E-state index contributed by atoms with van der Waals surface area (Å²) in [4.78, 5) is 4.42. The quantitative estimate of drug-likeness (QED) is 0.744. The Hall–Kier alpha value is 0.0700. The van der Waals surface area contributed by atoms with Gasteiger partial charge in [-0.2, -0.15) is 0 Å². The third-order valence-electron chi connectivity index (χ3n) is 2.13. The van der Waals surface area contributed by atoms with E-state index in [1.54, 1.807) is 0 Å². The van der Waals surface area contributed by atoms with Crippen molar-refractivity contribution in [1.29, 1.82) is 0 Å². The van der Waals surface area contributed by atoms with Gasteiger partial charge in [0.1, 0.15) is 4.60 Å². The third-order valence-corrected chi connectivity index (χ3v) is 2.99. The number of rotatable bonds is 1. The molecule has 1 saturated heterocycles. The Labute approximate surface area is 94.0 Å². The Morgan fingerprint density at radius 1 is 1.38 bits per heavy atom. The Morgan fingerprint density at radius 2 is 2.23 bits per heavy atom. The van der Waals surface area contributed by atoms with Gasteiger partial charge in [-0.25, -0.2) is 4.98 Å². The minimum absolute atomic E-state index is 0.466.